The van der Waals surface area contributed by atoms with Crippen molar-refractivity contribution >= 4 is 21.1 Å². The Morgan fingerprint density at radius 2 is 1.21 bits per heavy atom. The zero-order chi connectivity index (χ0) is 23.9. The fourth-order valence-corrected chi connectivity index (χ4v) is 6.96. The Kier molecular flexibility index (Phi) is 8.27. The fourth-order valence-electron chi connectivity index (χ4n) is 3.87. The van der Waals surface area contributed by atoms with Crippen molar-refractivity contribution in [1.82, 2.24) is 5.32 Å². The predicted octanol–water partition coefficient (Wildman–Crippen LogP) is 3.15. The number of rotatable bonds is 9. The third-order valence-corrected chi connectivity index (χ3v) is 10.8. The number of amides is 1. The van der Waals surface area contributed by atoms with Crippen molar-refractivity contribution in [2.75, 3.05) is 0 Å². The summed E-state index contributed by atoms with van der Waals surface area (Å²) in [5.74, 6) is -0.223. The molecule has 0 fully saturated rings. The minimum atomic E-state index is -5.64. The molecule has 0 radical (unpaired) electrons. The van der Waals surface area contributed by atoms with E-state index in [0.29, 0.717) is 12.8 Å². The highest BCUT2D eigenvalue weighted by molar-refractivity contribution is 7.72. The quantitative estimate of drug-likeness (QED) is 0.286. The van der Waals surface area contributed by atoms with E-state index in [4.69, 9.17) is 0 Å². The topological polar surface area (TPSA) is 164 Å². The molecule has 0 aromatic heterocycles. The van der Waals surface area contributed by atoms with Gasteiger partial charge in [-0.25, -0.2) is 0 Å². The summed E-state index contributed by atoms with van der Waals surface area (Å²) in [6.07, 6.45) is 0.709. The maximum absolute atomic E-state index is 12.7. The molecule has 9 nitrogen and oxygen atoms in total. The number of carbonyl (C=O) groups excluding carboxylic acids is 1. The zero-order valence-corrected chi connectivity index (χ0v) is 20.8. The van der Waals surface area contributed by atoms with Gasteiger partial charge in [0.25, 0.3) is 5.08 Å². The van der Waals surface area contributed by atoms with Gasteiger partial charge in [0.05, 0.1) is 0 Å². The van der Waals surface area contributed by atoms with E-state index < -0.39 is 42.1 Å². The van der Waals surface area contributed by atoms with E-state index in [0.717, 1.165) is 0 Å². The van der Waals surface area contributed by atoms with Crippen LogP contribution in [0, 0.1) is 16.2 Å². The second-order valence-electron chi connectivity index (χ2n) is 10.1. The Bertz CT molecular complexity index is 683. The third kappa shape index (κ3) is 5.32. The number of carbonyl (C=O) groups is 1. The van der Waals surface area contributed by atoms with Crippen LogP contribution >= 0.6 is 15.2 Å². The molecule has 0 bridgehead atoms. The lowest BCUT2D eigenvalue weighted by Gasteiger charge is -2.53. The molecule has 0 aromatic rings. The molecule has 0 spiro atoms. The standard InChI is InChI=1S/C18H39NO8P2/c1-10-16(8,17(9,11-2)19-13(20)14(3,4)5)12-15(6,7)18(21,28(22,23)24)29(25,26)27/h21H,10-12H2,1-9H3,(H,19,20)(H2,22,23,24)(H2,25,26,27). The highest BCUT2D eigenvalue weighted by Crippen LogP contribution is 2.75. The zero-order valence-electron chi connectivity index (χ0n) is 19.0. The van der Waals surface area contributed by atoms with E-state index >= 15 is 0 Å². The SMILES string of the molecule is CCC(C)(CC(C)(C)C(O)(P(=O)(O)O)P(=O)(O)O)C(C)(CC)NC(=O)C(C)(C)C. The van der Waals surface area contributed by atoms with Crippen molar-refractivity contribution in [3.63, 3.8) is 0 Å². The lowest BCUT2D eigenvalue weighted by Crippen LogP contribution is -2.61. The van der Waals surface area contributed by atoms with Crippen LogP contribution in [0.1, 0.15) is 81.6 Å². The summed E-state index contributed by atoms with van der Waals surface area (Å²) in [6, 6.07) is 0. The smallest absolute Gasteiger partial charge is 0.367 e. The summed E-state index contributed by atoms with van der Waals surface area (Å²) in [4.78, 5) is 51.4. The Balaban J connectivity index is 6.48. The van der Waals surface area contributed by atoms with Gasteiger partial charge in [-0.05, 0) is 31.6 Å². The first kappa shape index (κ1) is 28.7. The molecule has 0 aliphatic carbocycles. The van der Waals surface area contributed by atoms with E-state index in [1.54, 1.807) is 34.6 Å². The molecule has 1 amide bonds. The van der Waals surface area contributed by atoms with Gasteiger partial charge in [0.2, 0.25) is 5.91 Å². The van der Waals surface area contributed by atoms with Crippen molar-refractivity contribution in [2.45, 2.75) is 92.2 Å². The number of nitrogens with one attached hydrogen (secondary N) is 1. The minimum absolute atomic E-state index is 0.169. The number of hydrogen-bond acceptors (Lipinski definition) is 4. The molecule has 11 heteroatoms. The van der Waals surface area contributed by atoms with Crippen LogP contribution in [0.5, 0.6) is 0 Å². The van der Waals surface area contributed by atoms with E-state index in [2.05, 4.69) is 5.32 Å². The predicted molar refractivity (Wildman–Crippen MR) is 112 cm³/mol. The van der Waals surface area contributed by atoms with Crippen molar-refractivity contribution in [1.29, 1.82) is 0 Å². The molecule has 0 aliphatic heterocycles. The molecule has 29 heavy (non-hydrogen) atoms. The summed E-state index contributed by atoms with van der Waals surface area (Å²) in [7, 11) is -11.3. The summed E-state index contributed by atoms with van der Waals surface area (Å²) in [5, 5.41) is 10.2. The molecule has 2 unspecified atom stereocenters. The second-order valence-corrected chi connectivity index (χ2v) is 13.9. The minimum Gasteiger partial charge on any atom is -0.367 e. The van der Waals surface area contributed by atoms with Crippen LogP contribution < -0.4 is 5.32 Å². The second kappa shape index (κ2) is 8.34. The van der Waals surface area contributed by atoms with Gasteiger partial charge in [0.1, 0.15) is 0 Å². The molecule has 2 atom stereocenters. The molecular weight excluding hydrogens is 420 g/mol. The van der Waals surface area contributed by atoms with Crippen molar-refractivity contribution in [2.24, 2.45) is 16.2 Å². The highest BCUT2D eigenvalue weighted by atomic mass is 31.2. The maximum atomic E-state index is 12.7. The van der Waals surface area contributed by atoms with Crippen molar-refractivity contribution in [3.05, 3.63) is 0 Å². The molecular formula is C18H39NO8P2. The summed E-state index contributed by atoms with van der Waals surface area (Å²) in [5.41, 5.74) is -4.30. The van der Waals surface area contributed by atoms with E-state index in [1.165, 1.54) is 13.8 Å². The van der Waals surface area contributed by atoms with Crippen LogP contribution in [-0.2, 0) is 13.9 Å². The number of hydrogen-bond donors (Lipinski definition) is 6. The first-order valence-corrected chi connectivity index (χ1v) is 12.8. The lowest BCUT2D eigenvalue weighted by atomic mass is 9.61. The monoisotopic (exact) mass is 459 g/mol. The van der Waals surface area contributed by atoms with E-state index in [9.17, 15) is 38.6 Å². The summed E-state index contributed by atoms with van der Waals surface area (Å²) < 4.78 is 24.1. The first-order chi connectivity index (χ1) is 12.5. The van der Waals surface area contributed by atoms with Gasteiger partial charge >= 0.3 is 15.2 Å². The number of aliphatic hydroxyl groups is 1. The van der Waals surface area contributed by atoms with Crippen LogP contribution in [0.3, 0.4) is 0 Å². The Hall–Kier alpha value is -0.270. The van der Waals surface area contributed by atoms with Gasteiger partial charge in [0, 0.05) is 16.4 Å². The van der Waals surface area contributed by atoms with Crippen LogP contribution in [0.2, 0.25) is 0 Å². The van der Waals surface area contributed by atoms with Crippen molar-refractivity contribution < 1.29 is 38.6 Å². The molecule has 0 heterocycles. The molecule has 0 saturated heterocycles. The molecule has 0 aliphatic rings. The van der Waals surface area contributed by atoms with Crippen LogP contribution in [0.25, 0.3) is 0 Å². The highest BCUT2D eigenvalue weighted by Gasteiger charge is 2.69. The molecule has 0 aromatic carbocycles. The van der Waals surface area contributed by atoms with Gasteiger partial charge in [-0.15, -0.1) is 0 Å². The molecule has 6 N–H and O–H groups in total. The van der Waals surface area contributed by atoms with Gasteiger partial charge in [0.15, 0.2) is 0 Å². The Labute approximate surface area is 174 Å². The largest absolute Gasteiger partial charge is 0.370 e. The Morgan fingerprint density at radius 1 is 0.828 bits per heavy atom. The molecule has 0 saturated carbocycles. The van der Waals surface area contributed by atoms with Crippen LogP contribution in [0.15, 0.2) is 0 Å². The maximum Gasteiger partial charge on any atom is 0.370 e. The first-order valence-electron chi connectivity index (χ1n) is 9.62. The lowest BCUT2D eigenvalue weighted by molar-refractivity contribution is -0.133. The average molecular weight is 459 g/mol. The van der Waals surface area contributed by atoms with Crippen molar-refractivity contribution in [3.8, 4) is 0 Å². The normalized spacial score (nSPS) is 18.7. The fraction of sp³-hybridized carbons (Fsp3) is 0.944. The van der Waals surface area contributed by atoms with Gasteiger partial charge in [-0.2, -0.15) is 0 Å². The third-order valence-electron chi connectivity index (χ3n) is 6.44. The van der Waals surface area contributed by atoms with Crippen LogP contribution in [-0.4, -0.2) is 41.2 Å². The molecule has 0 rings (SSSR count). The summed E-state index contributed by atoms with van der Waals surface area (Å²) in [6.45, 7) is 15.0. The van der Waals surface area contributed by atoms with Gasteiger partial charge < -0.3 is 30.0 Å². The van der Waals surface area contributed by atoms with Gasteiger partial charge in [-0.1, -0.05) is 55.4 Å². The van der Waals surface area contributed by atoms with E-state index in [1.807, 2.05) is 13.8 Å². The Morgan fingerprint density at radius 3 is 1.45 bits per heavy atom. The summed E-state index contributed by atoms with van der Waals surface area (Å²) >= 11 is 0. The van der Waals surface area contributed by atoms with E-state index in [-0.39, 0.29) is 12.3 Å². The van der Waals surface area contributed by atoms with Crippen LogP contribution in [0.4, 0.5) is 0 Å². The average Bonchev–Trinajstić information content (AvgIpc) is 2.49. The molecule has 174 valence electrons. The van der Waals surface area contributed by atoms with Gasteiger partial charge in [-0.3, -0.25) is 13.9 Å².